The highest BCUT2D eigenvalue weighted by Crippen LogP contribution is 2.53. The minimum absolute atomic E-state index is 0.000583. The van der Waals surface area contributed by atoms with Gasteiger partial charge in [-0.1, -0.05) is 6.07 Å². The van der Waals surface area contributed by atoms with Crippen molar-refractivity contribution in [1.29, 1.82) is 0 Å². The zero-order valence-electron chi connectivity index (χ0n) is 20.5. The minimum Gasteiger partial charge on any atom is -0.504 e. The van der Waals surface area contributed by atoms with Gasteiger partial charge in [0.25, 0.3) is 0 Å². The van der Waals surface area contributed by atoms with Gasteiger partial charge in [0.15, 0.2) is 23.0 Å². The molecule has 38 heavy (non-hydrogen) atoms. The Balaban J connectivity index is 1.17. The fourth-order valence-corrected chi connectivity index (χ4v) is 5.65. The third-order valence-corrected chi connectivity index (χ3v) is 7.68. The van der Waals surface area contributed by atoms with Crippen LogP contribution in [0.15, 0.2) is 30.3 Å². The maximum absolute atomic E-state index is 10.7. The summed E-state index contributed by atoms with van der Waals surface area (Å²) < 4.78 is 39.8. The summed E-state index contributed by atoms with van der Waals surface area (Å²) in [7, 11) is 1.57. The van der Waals surface area contributed by atoms with Gasteiger partial charge in [0.05, 0.1) is 39.1 Å². The average molecular weight is 535 g/mol. The van der Waals surface area contributed by atoms with E-state index in [1.54, 1.807) is 13.2 Å². The lowest BCUT2D eigenvalue weighted by Crippen LogP contribution is -2.60. The van der Waals surface area contributed by atoms with Gasteiger partial charge >= 0.3 is 0 Å². The van der Waals surface area contributed by atoms with Crippen LogP contribution in [0.1, 0.15) is 23.3 Å². The molecule has 0 bridgehead atoms. The Morgan fingerprint density at radius 3 is 2.29 bits per heavy atom. The predicted octanol–water partition coefficient (Wildman–Crippen LogP) is 0.383. The van der Waals surface area contributed by atoms with E-state index in [1.807, 2.05) is 12.1 Å². The van der Waals surface area contributed by atoms with Gasteiger partial charge in [0.1, 0.15) is 24.4 Å². The molecule has 5 N–H and O–H groups in total. The topological polar surface area (TPSA) is 166 Å². The predicted molar refractivity (Wildman–Crippen MR) is 126 cm³/mol. The highest BCUT2D eigenvalue weighted by atomic mass is 16.7. The van der Waals surface area contributed by atoms with Crippen molar-refractivity contribution >= 4 is 0 Å². The standard InChI is InChI=1S/C26H30O12/c1-32-17-5-12(6-18-25(17)36-10-35-18)24-14-9-33-23(13(14)8-34-24)11-2-3-16(15(28)4-11)37-26-22(31)21(30)20(29)19(7-27)38-26/h2-6,13-14,19-24,26-31H,7-10H2,1H3/t13-,14-,19+,20+,21-,22+,23+,24+,26+/m0/s1. The number of aromatic hydroxyl groups is 1. The van der Waals surface area contributed by atoms with Gasteiger partial charge < -0.3 is 58.7 Å². The molecule has 4 aliphatic heterocycles. The van der Waals surface area contributed by atoms with Crippen LogP contribution in [-0.4, -0.2) is 90.0 Å². The molecule has 0 radical (unpaired) electrons. The van der Waals surface area contributed by atoms with E-state index >= 15 is 0 Å². The summed E-state index contributed by atoms with van der Waals surface area (Å²) in [5, 5.41) is 50.2. The second-order valence-electron chi connectivity index (χ2n) is 9.83. The van der Waals surface area contributed by atoms with Crippen molar-refractivity contribution in [1.82, 2.24) is 0 Å². The molecule has 0 amide bonds. The zero-order valence-corrected chi connectivity index (χ0v) is 20.5. The van der Waals surface area contributed by atoms with Gasteiger partial charge in [0.2, 0.25) is 18.8 Å². The van der Waals surface area contributed by atoms with Crippen LogP contribution in [0.4, 0.5) is 0 Å². The van der Waals surface area contributed by atoms with Crippen molar-refractivity contribution in [3.63, 3.8) is 0 Å². The highest BCUT2D eigenvalue weighted by Gasteiger charge is 2.49. The van der Waals surface area contributed by atoms with Crippen molar-refractivity contribution in [2.45, 2.75) is 42.9 Å². The normalized spacial score (nSPS) is 35.8. The Morgan fingerprint density at radius 2 is 1.61 bits per heavy atom. The first-order chi connectivity index (χ1) is 18.4. The molecular weight excluding hydrogens is 504 g/mol. The number of ether oxygens (including phenoxy) is 7. The number of hydrogen-bond donors (Lipinski definition) is 5. The molecule has 206 valence electrons. The molecule has 2 aromatic rings. The first kappa shape index (κ1) is 25.4. The number of methoxy groups -OCH3 is 1. The van der Waals surface area contributed by atoms with E-state index in [1.165, 1.54) is 12.1 Å². The third-order valence-electron chi connectivity index (χ3n) is 7.68. The van der Waals surface area contributed by atoms with E-state index in [0.29, 0.717) is 30.5 Å². The molecule has 0 aromatic heterocycles. The third kappa shape index (κ3) is 4.22. The summed E-state index contributed by atoms with van der Waals surface area (Å²) in [4.78, 5) is 0. The van der Waals surface area contributed by atoms with Crippen molar-refractivity contribution in [2.24, 2.45) is 11.8 Å². The summed E-state index contributed by atoms with van der Waals surface area (Å²) in [5.74, 6) is 1.65. The number of benzene rings is 2. The van der Waals surface area contributed by atoms with E-state index in [4.69, 9.17) is 33.2 Å². The molecular formula is C26H30O12. The second-order valence-corrected chi connectivity index (χ2v) is 9.83. The molecule has 9 atom stereocenters. The molecule has 0 spiro atoms. The molecule has 4 aliphatic rings. The van der Waals surface area contributed by atoms with Crippen LogP contribution >= 0.6 is 0 Å². The highest BCUT2D eigenvalue weighted by molar-refractivity contribution is 5.55. The number of hydrogen-bond acceptors (Lipinski definition) is 12. The average Bonchev–Trinajstić information content (AvgIpc) is 3.66. The number of phenolic OH excluding ortho intramolecular Hbond substituents is 1. The van der Waals surface area contributed by atoms with Gasteiger partial charge in [-0.15, -0.1) is 0 Å². The van der Waals surface area contributed by atoms with Crippen LogP contribution < -0.4 is 18.9 Å². The van der Waals surface area contributed by atoms with Gasteiger partial charge in [0, 0.05) is 11.8 Å². The molecule has 0 aliphatic carbocycles. The molecule has 6 rings (SSSR count). The van der Waals surface area contributed by atoms with E-state index < -0.39 is 37.3 Å². The van der Waals surface area contributed by atoms with E-state index in [9.17, 15) is 25.5 Å². The van der Waals surface area contributed by atoms with Gasteiger partial charge in [-0.05, 0) is 35.4 Å². The lowest BCUT2D eigenvalue weighted by atomic mass is 9.85. The number of aliphatic hydroxyl groups excluding tert-OH is 4. The molecule has 3 fully saturated rings. The van der Waals surface area contributed by atoms with Gasteiger partial charge in [-0.2, -0.15) is 0 Å². The number of aliphatic hydroxyl groups is 4. The van der Waals surface area contributed by atoms with Gasteiger partial charge in [-0.25, -0.2) is 0 Å². The van der Waals surface area contributed by atoms with Crippen LogP contribution in [0.2, 0.25) is 0 Å². The van der Waals surface area contributed by atoms with Crippen LogP contribution in [0.3, 0.4) is 0 Å². The Morgan fingerprint density at radius 1 is 0.868 bits per heavy atom. The lowest BCUT2D eigenvalue weighted by Gasteiger charge is -2.39. The fraction of sp³-hybridized carbons (Fsp3) is 0.538. The monoisotopic (exact) mass is 534 g/mol. The number of fused-ring (bicyclic) bond motifs is 2. The summed E-state index contributed by atoms with van der Waals surface area (Å²) >= 11 is 0. The van der Waals surface area contributed by atoms with Crippen LogP contribution in [0.25, 0.3) is 0 Å². The first-order valence-corrected chi connectivity index (χ1v) is 12.4. The Hall–Kier alpha value is -2.84. The molecule has 3 saturated heterocycles. The lowest BCUT2D eigenvalue weighted by molar-refractivity contribution is -0.277. The fourth-order valence-electron chi connectivity index (χ4n) is 5.65. The Bertz CT molecular complexity index is 1170. The number of rotatable bonds is 6. The summed E-state index contributed by atoms with van der Waals surface area (Å²) in [6, 6.07) is 8.57. The summed E-state index contributed by atoms with van der Waals surface area (Å²) in [6.45, 7) is 0.470. The molecule has 0 unspecified atom stereocenters. The van der Waals surface area contributed by atoms with Crippen molar-refractivity contribution in [2.75, 3.05) is 33.7 Å². The van der Waals surface area contributed by atoms with Crippen molar-refractivity contribution in [3.05, 3.63) is 41.5 Å². The smallest absolute Gasteiger partial charge is 0.231 e. The molecule has 0 saturated carbocycles. The van der Waals surface area contributed by atoms with E-state index in [-0.39, 0.29) is 42.3 Å². The minimum atomic E-state index is -1.59. The van der Waals surface area contributed by atoms with Gasteiger partial charge in [-0.3, -0.25) is 0 Å². The molecule has 4 heterocycles. The molecule has 2 aromatic carbocycles. The van der Waals surface area contributed by atoms with E-state index in [0.717, 1.165) is 11.1 Å². The maximum Gasteiger partial charge on any atom is 0.231 e. The zero-order chi connectivity index (χ0) is 26.6. The summed E-state index contributed by atoms with van der Waals surface area (Å²) in [5.41, 5.74) is 1.64. The summed E-state index contributed by atoms with van der Waals surface area (Å²) in [6.07, 6.45) is -7.76. The Kier molecular flexibility index (Phi) is 6.72. The van der Waals surface area contributed by atoms with Crippen molar-refractivity contribution < 1.29 is 58.7 Å². The van der Waals surface area contributed by atoms with Crippen molar-refractivity contribution in [3.8, 4) is 28.7 Å². The maximum atomic E-state index is 10.7. The largest absolute Gasteiger partial charge is 0.504 e. The van der Waals surface area contributed by atoms with Crippen LogP contribution in [-0.2, 0) is 14.2 Å². The Labute approximate surface area is 217 Å². The first-order valence-electron chi connectivity index (χ1n) is 12.4. The molecule has 12 heteroatoms. The second kappa shape index (κ2) is 10.0. The number of phenols is 1. The SMILES string of the molecule is COc1cc([C@H]2OC[C@H]3[C@@H]2CO[C@@H]3c2ccc(O[C@@H]3O[C@H](CO)[C@@H](O)[C@H](O)[C@H]3O)c(O)c2)cc2c1OCO2. The van der Waals surface area contributed by atoms with Crippen LogP contribution in [0.5, 0.6) is 28.7 Å². The van der Waals surface area contributed by atoms with E-state index in [2.05, 4.69) is 0 Å². The molecule has 12 nitrogen and oxygen atoms in total. The quantitative estimate of drug-likeness (QED) is 0.347. The van der Waals surface area contributed by atoms with Crippen LogP contribution in [0, 0.1) is 11.8 Å².